The first kappa shape index (κ1) is 15.8. The molecule has 23 heavy (non-hydrogen) atoms. The fourth-order valence-corrected chi connectivity index (χ4v) is 2.97. The van der Waals surface area contributed by atoms with E-state index in [9.17, 15) is 0 Å². The van der Waals surface area contributed by atoms with Crippen LogP contribution < -0.4 is 9.47 Å². The number of pyridine rings is 1. The summed E-state index contributed by atoms with van der Waals surface area (Å²) in [5.41, 5.74) is 2.77. The predicted molar refractivity (Wildman–Crippen MR) is 92.2 cm³/mol. The molecular weight excluding hydrogens is 360 g/mol. The highest BCUT2D eigenvalue weighted by Crippen LogP contribution is 2.35. The minimum Gasteiger partial charge on any atom is -0.497 e. The van der Waals surface area contributed by atoms with Crippen LogP contribution in [0.4, 0.5) is 0 Å². The third-order valence-electron chi connectivity index (χ3n) is 3.72. The molecule has 0 amide bonds. The van der Waals surface area contributed by atoms with E-state index in [1.807, 2.05) is 30.5 Å². The lowest BCUT2D eigenvalue weighted by atomic mass is 10.0. The molecule has 2 heterocycles. The summed E-state index contributed by atoms with van der Waals surface area (Å²) in [5.74, 6) is 1.45. The van der Waals surface area contributed by atoms with Crippen LogP contribution in [0.25, 0.3) is 11.0 Å². The Morgan fingerprint density at radius 1 is 1.04 bits per heavy atom. The quantitative estimate of drug-likeness (QED) is 0.728. The van der Waals surface area contributed by atoms with Gasteiger partial charge in [-0.25, -0.2) is 4.98 Å². The van der Waals surface area contributed by atoms with Crippen molar-refractivity contribution < 1.29 is 14.2 Å². The number of H-pyrrole nitrogens is 1. The highest BCUT2D eigenvalue weighted by molar-refractivity contribution is 9.10. The summed E-state index contributed by atoms with van der Waals surface area (Å²) in [7, 11) is 4.95. The Morgan fingerprint density at radius 3 is 2.35 bits per heavy atom. The number of ether oxygens (including phenoxy) is 3. The van der Waals surface area contributed by atoms with Crippen LogP contribution in [0.15, 0.2) is 41.1 Å². The zero-order valence-electron chi connectivity index (χ0n) is 13.1. The highest BCUT2D eigenvalue weighted by Gasteiger charge is 2.20. The second kappa shape index (κ2) is 6.60. The molecule has 0 aliphatic rings. The van der Waals surface area contributed by atoms with E-state index in [2.05, 4.69) is 25.9 Å². The van der Waals surface area contributed by atoms with Crippen molar-refractivity contribution in [3.63, 3.8) is 0 Å². The maximum absolute atomic E-state index is 5.75. The van der Waals surface area contributed by atoms with Crippen LogP contribution in [-0.2, 0) is 4.74 Å². The number of halogens is 1. The summed E-state index contributed by atoms with van der Waals surface area (Å²) < 4.78 is 17.4. The van der Waals surface area contributed by atoms with Crippen LogP contribution in [0.5, 0.6) is 11.5 Å². The largest absolute Gasteiger partial charge is 0.497 e. The third kappa shape index (κ3) is 3.04. The van der Waals surface area contributed by atoms with Crippen LogP contribution in [0.2, 0.25) is 0 Å². The van der Waals surface area contributed by atoms with Crippen molar-refractivity contribution in [3.8, 4) is 11.5 Å². The Kier molecular flexibility index (Phi) is 4.54. The Bertz CT molecular complexity index is 810. The standard InChI is InChI=1S/C17H17BrN2O3/c1-21-12-4-10(5-13(7-12)22-2)16(23-3)15-9-20-17-14(15)6-11(18)8-19-17/h4-9,16H,1-3H3,(H,19,20). The molecular formula is C17H17BrN2O3. The Hall–Kier alpha value is -2.05. The van der Waals surface area contributed by atoms with E-state index in [0.29, 0.717) is 0 Å². The molecule has 0 bridgehead atoms. The topological polar surface area (TPSA) is 56.4 Å². The van der Waals surface area contributed by atoms with E-state index in [-0.39, 0.29) is 6.10 Å². The molecule has 1 N–H and O–H groups in total. The molecule has 1 atom stereocenters. The molecule has 0 radical (unpaired) electrons. The number of fused-ring (bicyclic) bond motifs is 1. The molecule has 0 saturated heterocycles. The second-order valence-corrected chi connectivity index (χ2v) is 5.97. The third-order valence-corrected chi connectivity index (χ3v) is 4.16. The smallest absolute Gasteiger partial charge is 0.137 e. The lowest BCUT2D eigenvalue weighted by molar-refractivity contribution is 0.137. The van der Waals surface area contributed by atoms with Gasteiger partial charge in [-0.15, -0.1) is 0 Å². The summed E-state index contributed by atoms with van der Waals surface area (Å²) in [6.07, 6.45) is 3.42. The lowest BCUT2D eigenvalue weighted by Gasteiger charge is -2.17. The van der Waals surface area contributed by atoms with E-state index < -0.39 is 0 Å². The number of benzene rings is 1. The maximum atomic E-state index is 5.75. The minimum atomic E-state index is -0.260. The number of aromatic nitrogens is 2. The van der Waals surface area contributed by atoms with E-state index in [0.717, 1.165) is 38.1 Å². The lowest BCUT2D eigenvalue weighted by Crippen LogP contribution is -2.04. The van der Waals surface area contributed by atoms with Crippen LogP contribution in [0.3, 0.4) is 0 Å². The molecule has 120 valence electrons. The van der Waals surface area contributed by atoms with Crippen molar-refractivity contribution in [2.45, 2.75) is 6.10 Å². The number of methoxy groups -OCH3 is 3. The molecule has 6 heteroatoms. The fourth-order valence-electron chi connectivity index (χ4n) is 2.64. The number of hydrogen-bond acceptors (Lipinski definition) is 4. The predicted octanol–water partition coefficient (Wildman–Crippen LogP) is 4.08. The van der Waals surface area contributed by atoms with Gasteiger partial charge >= 0.3 is 0 Å². The fraction of sp³-hybridized carbons (Fsp3) is 0.235. The van der Waals surface area contributed by atoms with Crippen molar-refractivity contribution in [2.75, 3.05) is 21.3 Å². The molecule has 0 fully saturated rings. The molecule has 1 aromatic carbocycles. The zero-order chi connectivity index (χ0) is 16.4. The normalized spacial score (nSPS) is 12.3. The van der Waals surface area contributed by atoms with Gasteiger partial charge in [-0.2, -0.15) is 0 Å². The van der Waals surface area contributed by atoms with Gasteiger partial charge in [-0.05, 0) is 39.7 Å². The maximum Gasteiger partial charge on any atom is 0.137 e. The van der Waals surface area contributed by atoms with Crippen LogP contribution in [0.1, 0.15) is 17.2 Å². The molecule has 0 aliphatic carbocycles. The Morgan fingerprint density at radius 2 is 1.74 bits per heavy atom. The summed E-state index contributed by atoms with van der Waals surface area (Å²) in [4.78, 5) is 7.55. The molecule has 2 aromatic heterocycles. The minimum absolute atomic E-state index is 0.260. The van der Waals surface area contributed by atoms with Gasteiger partial charge in [0.25, 0.3) is 0 Å². The van der Waals surface area contributed by atoms with Gasteiger partial charge in [-0.1, -0.05) is 0 Å². The average Bonchev–Trinajstić information content (AvgIpc) is 2.98. The van der Waals surface area contributed by atoms with Gasteiger partial charge in [0.2, 0.25) is 0 Å². The van der Waals surface area contributed by atoms with Crippen LogP contribution >= 0.6 is 15.9 Å². The first-order valence-corrected chi connectivity index (χ1v) is 7.84. The van der Waals surface area contributed by atoms with Crippen molar-refractivity contribution in [1.82, 2.24) is 9.97 Å². The van der Waals surface area contributed by atoms with E-state index >= 15 is 0 Å². The number of nitrogens with zero attached hydrogens (tertiary/aromatic N) is 1. The van der Waals surface area contributed by atoms with Gasteiger partial charge in [0.05, 0.1) is 14.2 Å². The molecule has 3 aromatic rings. The van der Waals surface area contributed by atoms with Crippen molar-refractivity contribution in [3.05, 3.63) is 52.3 Å². The van der Waals surface area contributed by atoms with E-state index in [4.69, 9.17) is 14.2 Å². The molecule has 0 saturated carbocycles. The molecule has 1 unspecified atom stereocenters. The number of aromatic amines is 1. The zero-order valence-corrected chi connectivity index (χ0v) is 14.7. The average molecular weight is 377 g/mol. The monoisotopic (exact) mass is 376 g/mol. The first-order valence-electron chi connectivity index (χ1n) is 7.04. The van der Waals surface area contributed by atoms with Gasteiger partial charge in [0.15, 0.2) is 0 Å². The Balaban J connectivity index is 2.13. The summed E-state index contributed by atoms with van der Waals surface area (Å²) >= 11 is 3.47. The van der Waals surface area contributed by atoms with Gasteiger partial charge < -0.3 is 19.2 Å². The van der Waals surface area contributed by atoms with E-state index in [1.54, 1.807) is 27.5 Å². The number of rotatable bonds is 5. The summed E-state index contributed by atoms with van der Waals surface area (Å²) in [5, 5.41) is 1.01. The van der Waals surface area contributed by atoms with Crippen molar-refractivity contribution >= 4 is 27.0 Å². The SMILES string of the molecule is COc1cc(OC)cc(C(OC)c2c[nH]c3ncc(Br)cc23)c1. The van der Waals surface area contributed by atoms with E-state index in [1.165, 1.54) is 0 Å². The van der Waals surface area contributed by atoms with Gasteiger partial charge in [-0.3, -0.25) is 0 Å². The van der Waals surface area contributed by atoms with Crippen LogP contribution in [-0.4, -0.2) is 31.3 Å². The number of hydrogen-bond donors (Lipinski definition) is 1. The van der Waals surface area contributed by atoms with Gasteiger partial charge in [0.1, 0.15) is 23.3 Å². The first-order chi connectivity index (χ1) is 11.2. The second-order valence-electron chi connectivity index (χ2n) is 5.06. The molecule has 0 spiro atoms. The highest BCUT2D eigenvalue weighted by atomic mass is 79.9. The van der Waals surface area contributed by atoms with Gasteiger partial charge in [0, 0.05) is 41.0 Å². The summed E-state index contributed by atoms with van der Waals surface area (Å²) in [6, 6.07) is 7.75. The van der Waals surface area contributed by atoms with Crippen LogP contribution in [0, 0.1) is 0 Å². The van der Waals surface area contributed by atoms with Crippen molar-refractivity contribution in [1.29, 1.82) is 0 Å². The number of nitrogens with one attached hydrogen (secondary N) is 1. The molecule has 5 nitrogen and oxygen atoms in total. The Labute approximate surface area is 142 Å². The van der Waals surface area contributed by atoms with Crippen molar-refractivity contribution in [2.24, 2.45) is 0 Å². The molecule has 3 rings (SSSR count). The molecule has 0 aliphatic heterocycles. The summed E-state index contributed by atoms with van der Waals surface area (Å²) in [6.45, 7) is 0.